The van der Waals surface area contributed by atoms with Gasteiger partial charge in [-0.2, -0.15) is 0 Å². The zero-order valence-corrected chi connectivity index (χ0v) is 10.3. The number of Topliss-reactive ketones (excluding diaryl/α,β-unsaturated/α-hetero) is 1. The lowest BCUT2D eigenvalue weighted by Crippen LogP contribution is -3.06. The molecule has 0 fully saturated rings. The van der Waals surface area contributed by atoms with Gasteiger partial charge in [-0.3, -0.25) is 4.79 Å². The molecule has 0 saturated carbocycles. The average molecular weight is 233 g/mol. The molecule has 1 aromatic heterocycles. The van der Waals surface area contributed by atoms with Gasteiger partial charge in [0.15, 0.2) is 0 Å². The van der Waals surface area contributed by atoms with Crippen molar-refractivity contribution in [2.75, 3.05) is 27.7 Å². The standard InChI is InChI=1S/C13H16N2O2/c1-15(2)8-13(16)11-7-14-12-5-4-9(17-3)6-10(11)12/h4-7,14H,8H2,1-3H3/p+1. The van der Waals surface area contributed by atoms with E-state index >= 15 is 0 Å². The fraction of sp³-hybridized carbons (Fsp3) is 0.308. The topological polar surface area (TPSA) is 46.5 Å². The molecule has 1 aromatic carbocycles. The molecular formula is C13H17N2O2+. The van der Waals surface area contributed by atoms with Gasteiger partial charge in [-0.05, 0) is 18.2 Å². The lowest BCUT2D eigenvalue weighted by Gasteiger charge is -2.05. The third kappa shape index (κ3) is 2.31. The molecule has 2 N–H and O–H groups in total. The third-order valence-electron chi connectivity index (χ3n) is 2.70. The second-order valence-corrected chi connectivity index (χ2v) is 4.42. The van der Waals surface area contributed by atoms with Gasteiger partial charge in [-0.1, -0.05) is 0 Å². The van der Waals surface area contributed by atoms with E-state index in [1.807, 2.05) is 32.3 Å². The summed E-state index contributed by atoms with van der Waals surface area (Å²) in [5.41, 5.74) is 1.70. The van der Waals surface area contributed by atoms with Crippen molar-refractivity contribution in [3.05, 3.63) is 30.0 Å². The zero-order valence-electron chi connectivity index (χ0n) is 10.3. The molecule has 0 saturated heterocycles. The Morgan fingerprint density at radius 3 is 2.82 bits per heavy atom. The molecule has 90 valence electrons. The smallest absolute Gasteiger partial charge is 0.218 e. The number of methoxy groups -OCH3 is 1. The van der Waals surface area contributed by atoms with Crippen LogP contribution in [-0.4, -0.2) is 38.5 Å². The number of likely N-dealkylation sites (N-methyl/N-ethyl adjacent to an activating group) is 1. The predicted molar refractivity (Wildman–Crippen MR) is 66.9 cm³/mol. The summed E-state index contributed by atoms with van der Waals surface area (Å²) < 4.78 is 5.18. The third-order valence-corrected chi connectivity index (χ3v) is 2.70. The summed E-state index contributed by atoms with van der Waals surface area (Å²) in [6, 6.07) is 5.70. The molecule has 0 bridgehead atoms. The molecule has 0 amide bonds. The molecule has 17 heavy (non-hydrogen) atoms. The van der Waals surface area contributed by atoms with Crippen molar-refractivity contribution < 1.29 is 14.4 Å². The van der Waals surface area contributed by atoms with Crippen LogP contribution in [0.3, 0.4) is 0 Å². The SMILES string of the molecule is COc1ccc2[nH]cc(C(=O)C[NH+](C)C)c2c1. The molecule has 2 rings (SSSR count). The van der Waals surface area contributed by atoms with Crippen molar-refractivity contribution in [2.24, 2.45) is 0 Å². The van der Waals surface area contributed by atoms with Crippen LogP contribution in [0.2, 0.25) is 0 Å². The number of nitrogens with one attached hydrogen (secondary N) is 2. The van der Waals surface area contributed by atoms with E-state index in [9.17, 15) is 4.79 Å². The van der Waals surface area contributed by atoms with Gasteiger partial charge in [0.1, 0.15) is 12.3 Å². The van der Waals surface area contributed by atoms with Gasteiger partial charge in [0.05, 0.1) is 21.2 Å². The fourth-order valence-electron chi connectivity index (χ4n) is 1.87. The van der Waals surface area contributed by atoms with E-state index in [1.165, 1.54) is 0 Å². The van der Waals surface area contributed by atoms with Crippen molar-refractivity contribution in [3.63, 3.8) is 0 Å². The number of quaternary nitrogens is 1. The molecule has 1 heterocycles. The van der Waals surface area contributed by atoms with Crippen molar-refractivity contribution in [2.45, 2.75) is 0 Å². The first-order chi connectivity index (χ1) is 8.11. The van der Waals surface area contributed by atoms with Crippen LogP contribution in [0.1, 0.15) is 10.4 Å². The number of rotatable bonds is 4. The second-order valence-electron chi connectivity index (χ2n) is 4.42. The number of hydrogen-bond acceptors (Lipinski definition) is 2. The number of ketones is 1. The molecule has 0 radical (unpaired) electrons. The van der Waals surface area contributed by atoms with Crippen LogP contribution < -0.4 is 9.64 Å². The monoisotopic (exact) mass is 233 g/mol. The van der Waals surface area contributed by atoms with Crippen LogP contribution >= 0.6 is 0 Å². The average Bonchev–Trinajstić information content (AvgIpc) is 2.70. The van der Waals surface area contributed by atoms with Gasteiger partial charge in [-0.15, -0.1) is 0 Å². The minimum Gasteiger partial charge on any atom is -0.497 e. The van der Waals surface area contributed by atoms with Crippen LogP contribution in [0, 0.1) is 0 Å². The quantitative estimate of drug-likeness (QED) is 0.756. The largest absolute Gasteiger partial charge is 0.497 e. The number of carbonyl (C=O) groups excluding carboxylic acids is 1. The maximum absolute atomic E-state index is 12.0. The lowest BCUT2D eigenvalue weighted by molar-refractivity contribution is -0.848. The van der Waals surface area contributed by atoms with E-state index < -0.39 is 0 Å². The Balaban J connectivity index is 2.43. The highest BCUT2D eigenvalue weighted by Crippen LogP contribution is 2.23. The summed E-state index contributed by atoms with van der Waals surface area (Å²) in [5, 5.41) is 0.926. The minimum atomic E-state index is 0.143. The van der Waals surface area contributed by atoms with Crippen LogP contribution in [0.5, 0.6) is 5.75 Å². The Morgan fingerprint density at radius 2 is 2.18 bits per heavy atom. The molecule has 0 atom stereocenters. The number of fused-ring (bicyclic) bond motifs is 1. The number of carbonyl (C=O) groups is 1. The molecule has 4 heteroatoms. The molecule has 0 unspecified atom stereocenters. The Labute approximate surface area is 100 Å². The van der Waals surface area contributed by atoms with E-state index in [4.69, 9.17) is 4.74 Å². The summed E-state index contributed by atoms with van der Waals surface area (Å²) >= 11 is 0. The first kappa shape index (κ1) is 11.7. The maximum Gasteiger partial charge on any atom is 0.218 e. The molecule has 0 aliphatic carbocycles. The fourth-order valence-corrected chi connectivity index (χ4v) is 1.87. The Bertz CT molecular complexity index is 543. The highest BCUT2D eigenvalue weighted by atomic mass is 16.5. The van der Waals surface area contributed by atoms with Crippen molar-refractivity contribution >= 4 is 16.7 Å². The molecule has 0 aliphatic heterocycles. The lowest BCUT2D eigenvalue weighted by atomic mass is 10.1. The van der Waals surface area contributed by atoms with E-state index in [0.29, 0.717) is 6.54 Å². The minimum absolute atomic E-state index is 0.143. The summed E-state index contributed by atoms with van der Waals surface area (Å²) in [6.07, 6.45) is 1.77. The number of ether oxygens (including phenoxy) is 1. The van der Waals surface area contributed by atoms with Crippen molar-refractivity contribution in [1.82, 2.24) is 4.98 Å². The van der Waals surface area contributed by atoms with Crippen LogP contribution in [0.4, 0.5) is 0 Å². The van der Waals surface area contributed by atoms with Gasteiger partial charge in [0, 0.05) is 22.7 Å². The molecule has 0 spiro atoms. The van der Waals surface area contributed by atoms with Crippen LogP contribution in [-0.2, 0) is 0 Å². The van der Waals surface area contributed by atoms with Gasteiger partial charge >= 0.3 is 0 Å². The zero-order chi connectivity index (χ0) is 12.4. The second kappa shape index (κ2) is 4.59. The van der Waals surface area contributed by atoms with E-state index in [1.54, 1.807) is 13.3 Å². The molecule has 0 aliphatic rings. The van der Waals surface area contributed by atoms with Gasteiger partial charge in [0.25, 0.3) is 0 Å². The summed E-state index contributed by atoms with van der Waals surface area (Å²) in [4.78, 5) is 16.3. The number of aromatic nitrogens is 1. The van der Waals surface area contributed by atoms with E-state index in [-0.39, 0.29) is 5.78 Å². The maximum atomic E-state index is 12.0. The summed E-state index contributed by atoms with van der Waals surface area (Å²) in [5.74, 6) is 0.910. The van der Waals surface area contributed by atoms with Crippen molar-refractivity contribution in [1.29, 1.82) is 0 Å². The molecule has 2 aromatic rings. The Hall–Kier alpha value is -1.81. The number of benzene rings is 1. The van der Waals surface area contributed by atoms with Gasteiger partial charge in [-0.25, -0.2) is 0 Å². The highest BCUT2D eigenvalue weighted by molar-refractivity contribution is 6.08. The number of aromatic amines is 1. The summed E-state index contributed by atoms with van der Waals surface area (Å²) in [7, 11) is 5.56. The highest BCUT2D eigenvalue weighted by Gasteiger charge is 2.15. The summed E-state index contributed by atoms with van der Waals surface area (Å²) in [6.45, 7) is 0.490. The Kier molecular flexibility index (Phi) is 3.15. The van der Waals surface area contributed by atoms with E-state index in [0.717, 1.165) is 27.1 Å². The van der Waals surface area contributed by atoms with Gasteiger partial charge in [0.2, 0.25) is 5.78 Å². The predicted octanol–water partition coefficient (Wildman–Crippen LogP) is 0.504. The Morgan fingerprint density at radius 1 is 1.41 bits per heavy atom. The number of H-pyrrole nitrogens is 1. The first-order valence-electron chi connectivity index (χ1n) is 5.59. The first-order valence-corrected chi connectivity index (χ1v) is 5.59. The molecular weight excluding hydrogens is 216 g/mol. The van der Waals surface area contributed by atoms with E-state index in [2.05, 4.69) is 4.98 Å². The van der Waals surface area contributed by atoms with Crippen molar-refractivity contribution in [3.8, 4) is 5.75 Å². The van der Waals surface area contributed by atoms with Crippen LogP contribution in [0.15, 0.2) is 24.4 Å². The normalized spacial score (nSPS) is 11.1. The van der Waals surface area contributed by atoms with Crippen LogP contribution in [0.25, 0.3) is 10.9 Å². The number of hydrogen-bond donors (Lipinski definition) is 2. The van der Waals surface area contributed by atoms with Gasteiger partial charge < -0.3 is 14.6 Å². The molecule has 4 nitrogen and oxygen atoms in total.